The minimum Gasteiger partial charge on any atom is -0.326 e. The first-order chi connectivity index (χ1) is 8.90. The SMILES string of the molecule is Cc1nn(C)c(CC(N)C2CSC(C)C(C)S2)c1Br. The maximum absolute atomic E-state index is 6.44. The number of halogens is 1. The summed E-state index contributed by atoms with van der Waals surface area (Å²) in [6.07, 6.45) is 0.886. The summed E-state index contributed by atoms with van der Waals surface area (Å²) < 4.78 is 3.06. The van der Waals surface area contributed by atoms with Crippen LogP contribution >= 0.6 is 39.5 Å². The van der Waals surface area contributed by atoms with E-state index in [1.165, 1.54) is 5.69 Å². The van der Waals surface area contributed by atoms with Crippen molar-refractivity contribution in [1.82, 2.24) is 9.78 Å². The second-order valence-corrected chi connectivity index (χ2v) is 9.08. The van der Waals surface area contributed by atoms with E-state index < -0.39 is 0 Å². The summed E-state index contributed by atoms with van der Waals surface area (Å²) in [5.41, 5.74) is 8.69. The largest absolute Gasteiger partial charge is 0.326 e. The summed E-state index contributed by atoms with van der Waals surface area (Å²) in [5.74, 6) is 1.16. The highest BCUT2D eigenvalue weighted by molar-refractivity contribution is 9.10. The molecular weight excluding hydrogens is 342 g/mol. The third-order valence-electron chi connectivity index (χ3n) is 3.74. The molecule has 19 heavy (non-hydrogen) atoms. The van der Waals surface area contributed by atoms with Gasteiger partial charge in [0.15, 0.2) is 0 Å². The minimum absolute atomic E-state index is 0.193. The van der Waals surface area contributed by atoms with Crippen LogP contribution in [0.15, 0.2) is 4.47 Å². The lowest BCUT2D eigenvalue weighted by atomic mass is 10.1. The fourth-order valence-corrected chi connectivity index (χ4v) is 5.85. The number of aryl methyl sites for hydroxylation is 2. The van der Waals surface area contributed by atoms with E-state index >= 15 is 0 Å². The smallest absolute Gasteiger partial charge is 0.0738 e. The van der Waals surface area contributed by atoms with Gasteiger partial charge in [-0.2, -0.15) is 28.6 Å². The summed E-state index contributed by atoms with van der Waals surface area (Å²) in [5, 5.41) is 6.40. The first kappa shape index (κ1) is 15.7. The quantitative estimate of drug-likeness (QED) is 0.896. The lowest BCUT2D eigenvalue weighted by Crippen LogP contribution is -2.41. The van der Waals surface area contributed by atoms with Gasteiger partial charge >= 0.3 is 0 Å². The van der Waals surface area contributed by atoms with Crippen LogP contribution in [0, 0.1) is 6.92 Å². The summed E-state index contributed by atoms with van der Waals surface area (Å²) in [4.78, 5) is 0. The van der Waals surface area contributed by atoms with Crippen LogP contribution in [0.25, 0.3) is 0 Å². The van der Waals surface area contributed by atoms with Crippen molar-refractivity contribution < 1.29 is 0 Å². The van der Waals surface area contributed by atoms with Crippen molar-refractivity contribution >= 4 is 39.5 Å². The molecule has 0 bridgehead atoms. The van der Waals surface area contributed by atoms with Crippen LogP contribution in [0.1, 0.15) is 25.2 Å². The van der Waals surface area contributed by atoms with Crippen LogP contribution < -0.4 is 5.73 Å². The van der Waals surface area contributed by atoms with Gasteiger partial charge in [-0.15, -0.1) is 0 Å². The lowest BCUT2D eigenvalue weighted by molar-refractivity contribution is 0.608. The lowest BCUT2D eigenvalue weighted by Gasteiger charge is -2.34. The molecule has 0 amide bonds. The van der Waals surface area contributed by atoms with Gasteiger partial charge in [-0.25, -0.2) is 0 Å². The monoisotopic (exact) mass is 363 g/mol. The molecule has 0 aliphatic carbocycles. The van der Waals surface area contributed by atoms with Crippen LogP contribution in [-0.2, 0) is 13.5 Å². The first-order valence-corrected chi connectivity index (χ1v) is 9.39. The zero-order chi connectivity index (χ0) is 14.2. The second kappa shape index (κ2) is 6.41. The Morgan fingerprint density at radius 3 is 2.68 bits per heavy atom. The van der Waals surface area contributed by atoms with Gasteiger partial charge in [0.25, 0.3) is 0 Å². The summed E-state index contributed by atoms with van der Waals surface area (Å²) >= 11 is 7.73. The highest BCUT2D eigenvalue weighted by Gasteiger charge is 2.30. The molecule has 4 atom stereocenters. The number of hydrogen-bond acceptors (Lipinski definition) is 4. The predicted octanol–water partition coefficient (Wildman–Crippen LogP) is 2.99. The van der Waals surface area contributed by atoms with Crippen molar-refractivity contribution in [3.05, 3.63) is 15.9 Å². The Bertz CT molecular complexity index is 449. The Hall–Kier alpha value is 0.350. The van der Waals surface area contributed by atoms with Gasteiger partial charge in [0.1, 0.15) is 0 Å². The second-order valence-electron chi connectivity index (χ2n) is 5.26. The standard InChI is InChI=1S/C13H22BrN3S2/c1-7-13(14)11(17(4)16-7)5-10(15)12-6-18-8(2)9(3)19-12/h8-10,12H,5-6,15H2,1-4H3. The van der Waals surface area contributed by atoms with Gasteiger partial charge in [0, 0.05) is 41.0 Å². The van der Waals surface area contributed by atoms with Crippen LogP contribution in [0.2, 0.25) is 0 Å². The molecule has 6 heteroatoms. The van der Waals surface area contributed by atoms with Crippen LogP contribution in [0.5, 0.6) is 0 Å². The van der Waals surface area contributed by atoms with E-state index in [0.717, 1.165) is 27.6 Å². The van der Waals surface area contributed by atoms with Gasteiger partial charge in [-0.3, -0.25) is 4.68 Å². The molecule has 4 unspecified atom stereocenters. The van der Waals surface area contributed by atoms with Gasteiger partial charge < -0.3 is 5.73 Å². The van der Waals surface area contributed by atoms with Gasteiger partial charge in [0.05, 0.1) is 15.9 Å². The van der Waals surface area contributed by atoms with Crippen molar-refractivity contribution in [3.8, 4) is 0 Å². The molecule has 2 N–H and O–H groups in total. The number of nitrogens with two attached hydrogens (primary N) is 1. The van der Waals surface area contributed by atoms with Gasteiger partial charge in [0.2, 0.25) is 0 Å². The van der Waals surface area contributed by atoms with E-state index in [1.807, 2.05) is 30.4 Å². The normalized spacial score (nSPS) is 29.5. The van der Waals surface area contributed by atoms with Gasteiger partial charge in [-0.05, 0) is 22.9 Å². The Labute approximate surface area is 132 Å². The highest BCUT2D eigenvalue weighted by atomic mass is 79.9. The third-order valence-corrected chi connectivity index (χ3v) is 8.35. The van der Waals surface area contributed by atoms with E-state index in [-0.39, 0.29) is 6.04 Å². The van der Waals surface area contributed by atoms with Crippen molar-refractivity contribution in [1.29, 1.82) is 0 Å². The average molecular weight is 364 g/mol. The van der Waals surface area contributed by atoms with Crippen molar-refractivity contribution in [2.75, 3.05) is 5.75 Å². The summed E-state index contributed by atoms with van der Waals surface area (Å²) in [7, 11) is 1.99. The topological polar surface area (TPSA) is 43.8 Å². The summed E-state index contributed by atoms with van der Waals surface area (Å²) in [6.45, 7) is 6.64. The fourth-order valence-electron chi connectivity index (χ4n) is 2.29. The Morgan fingerprint density at radius 1 is 1.47 bits per heavy atom. The third kappa shape index (κ3) is 3.52. The molecular formula is C13H22BrN3S2. The molecule has 1 saturated heterocycles. The van der Waals surface area contributed by atoms with Crippen molar-refractivity contribution in [3.63, 3.8) is 0 Å². The number of thioether (sulfide) groups is 2. The van der Waals surface area contributed by atoms with E-state index in [1.54, 1.807) is 0 Å². The number of rotatable bonds is 3. The van der Waals surface area contributed by atoms with Crippen LogP contribution in [0.4, 0.5) is 0 Å². The maximum Gasteiger partial charge on any atom is 0.0738 e. The molecule has 0 spiro atoms. The van der Waals surface area contributed by atoms with Crippen molar-refractivity contribution in [2.45, 2.75) is 49.0 Å². The highest BCUT2D eigenvalue weighted by Crippen LogP contribution is 2.37. The molecule has 0 saturated carbocycles. The molecule has 3 nitrogen and oxygen atoms in total. The van der Waals surface area contributed by atoms with E-state index in [4.69, 9.17) is 5.73 Å². The van der Waals surface area contributed by atoms with E-state index in [0.29, 0.717) is 10.5 Å². The minimum atomic E-state index is 0.193. The molecule has 0 radical (unpaired) electrons. The summed E-state index contributed by atoms with van der Waals surface area (Å²) in [6, 6.07) is 0.193. The molecule has 108 valence electrons. The number of hydrogen-bond donors (Lipinski definition) is 1. The number of aromatic nitrogens is 2. The van der Waals surface area contributed by atoms with Crippen LogP contribution in [0.3, 0.4) is 0 Å². The van der Waals surface area contributed by atoms with Crippen LogP contribution in [-0.4, -0.2) is 37.3 Å². The zero-order valence-electron chi connectivity index (χ0n) is 11.9. The zero-order valence-corrected chi connectivity index (χ0v) is 15.1. The predicted molar refractivity (Wildman–Crippen MR) is 90.1 cm³/mol. The molecule has 2 rings (SSSR count). The van der Waals surface area contributed by atoms with Crippen molar-refractivity contribution in [2.24, 2.45) is 12.8 Å². The molecule has 1 aromatic heterocycles. The fraction of sp³-hybridized carbons (Fsp3) is 0.769. The van der Waals surface area contributed by atoms with E-state index in [9.17, 15) is 0 Å². The first-order valence-electron chi connectivity index (χ1n) is 6.60. The Morgan fingerprint density at radius 2 is 2.16 bits per heavy atom. The molecule has 1 fully saturated rings. The maximum atomic E-state index is 6.44. The Kier molecular flexibility index (Phi) is 5.31. The Balaban J connectivity index is 2.03. The van der Waals surface area contributed by atoms with Gasteiger partial charge in [-0.1, -0.05) is 13.8 Å². The molecule has 0 aromatic carbocycles. The van der Waals surface area contributed by atoms with E-state index in [2.05, 4.69) is 46.6 Å². The molecule has 1 aliphatic rings. The number of nitrogens with zero attached hydrogens (tertiary/aromatic N) is 2. The molecule has 2 heterocycles. The molecule has 1 aromatic rings. The average Bonchev–Trinajstić information content (AvgIpc) is 2.59. The molecule has 1 aliphatic heterocycles.